The summed E-state index contributed by atoms with van der Waals surface area (Å²) in [5.74, 6) is 0. The standard InChI is InChI=1S/C11H12N2O/c14-12-11-8-4-5-9-13(11)10-6-2-1-3-7-10/h1-9,11-12,14H. The van der Waals surface area contributed by atoms with Gasteiger partial charge in [0.1, 0.15) is 6.17 Å². The first-order valence-corrected chi connectivity index (χ1v) is 4.50. The Bertz CT molecular complexity index is 346. The summed E-state index contributed by atoms with van der Waals surface area (Å²) in [6.45, 7) is 0. The Kier molecular flexibility index (Phi) is 2.62. The molecule has 0 aromatic heterocycles. The Hall–Kier alpha value is -1.58. The largest absolute Gasteiger partial charge is 0.326 e. The van der Waals surface area contributed by atoms with Gasteiger partial charge in [0.05, 0.1) is 0 Å². The van der Waals surface area contributed by atoms with E-state index in [-0.39, 0.29) is 6.17 Å². The van der Waals surface area contributed by atoms with Gasteiger partial charge in [0.15, 0.2) is 0 Å². The molecule has 1 unspecified atom stereocenters. The molecule has 0 saturated carbocycles. The lowest BCUT2D eigenvalue weighted by molar-refractivity contribution is 0.144. The number of para-hydroxylation sites is 1. The molecule has 3 heteroatoms. The molecule has 1 aliphatic heterocycles. The van der Waals surface area contributed by atoms with Gasteiger partial charge in [-0.2, -0.15) is 5.48 Å². The predicted molar refractivity (Wildman–Crippen MR) is 55.9 cm³/mol. The van der Waals surface area contributed by atoms with Crippen molar-refractivity contribution in [1.82, 2.24) is 5.48 Å². The molecule has 1 atom stereocenters. The van der Waals surface area contributed by atoms with Crippen LogP contribution >= 0.6 is 0 Å². The van der Waals surface area contributed by atoms with Crippen molar-refractivity contribution in [3.8, 4) is 0 Å². The van der Waals surface area contributed by atoms with Crippen molar-refractivity contribution in [3.63, 3.8) is 0 Å². The maximum absolute atomic E-state index is 8.95. The lowest BCUT2D eigenvalue weighted by atomic mass is 10.2. The molecule has 0 spiro atoms. The van der Waals surface area contributed by atoms with Gasteiger partial charge in [0.2, 0.25) is 0 Å². The SMILES string of the molecule is ONC1C=CC=CN1c1ccccc1. The number of benzene rings is 1. The van der Waals surface area contributed by atoms with Gasteiger partial charge in [-0.25, -0.2) is 0 Å². The highest BCUT2D eigenvalue weighted by molar-refractivity contribution is 5.52. The van der Waals surface area contributed by atoms with E-state index in [1.165, 1.54) is 0 Å². The van der Waals surface area contributed by atoms with E-state index in [1.54, 1.807) is 0 Å². The topological polar surface area (TPSA) is 35.5 Å². The summed E-state index contributed by atoms with van der Waals surface area (Å²) in [6, 6.07) is 9.89. The maximum atomic E-state index is 8.95. The number of allylic oxidation sites excluding steroid dienone is 2. The molecule has 1 aromatic rings. The second-order valence-electron chi connectivity index (χ2n) is 3.04. The van der Waals surface area contributed by atoms with Crippen molar-refractivity contribution in [1.29, 1.82) is 0 Å². The fourth-order valence-electron chi connectivity index (χ4n) is 1.45. The minimum atomic E-state index is -0.192. The zero-order chi connectivity index (χ0) is 9.80. The van der Waals surface area contributed by atoms with Gasteiger partial charge >= 0.3 is 0 Å². The Labute approximate surface area is 82.9 Å². The first-order valence-electron chi connectivity index (χ1n) is 4.50. The monoisotopic (exact) mass is 188 g/mol. The lowest BCUT2D eigenvalue weighted by Gasteiger charge is -2.28. The molecule has 2 N–H and O–H groups in total. The summed E-state index contributed by atoms with van der Waals surface area (Å²) in [5.41, 5.74) is 3.28. The predicted octanol–water partition coefficient (Wildman–Crippen LogP) is 1.88. The van der Waals surface area contributed by atoms with Gasteiger partial charge in [0, 0.05) is 11.9 Å². The number of rotatable bonds is 2. The number of anilines is 1. The minimum absolute atomic E-state index is 0.192. The second kappa shape index (κ2) is 4.09. The number of nitrogens with zero attached hydrogens (tertiary/aromatic N) is 1. The van der Waals surface area contributed by atoms with E-state index in [4.69, 9.17) is 5.21 Å². The molecule has 72 valence electrons. The fourth-order valence-corrected chi connectivity index (χ4v) is 1.45. The molecule has 0 radical (unpaired) electrons. The van der Waals surface area contributed by atoms with E-state index in [0.29, 0.717) is 0 Å². The van der Waals surface area contributed by atoms with E-state index in [1.807, 2.05) is 59.7 Å². The van der Waals surface area contributed by atoms with Crippen LogP contribution in [-0.4, -0.2) is 11.4 Å². The zero-order valence-electron chi connectivity index (χ0n) is 7.67. The normalized spacial score (nSPS) is 20.1. The van der Waals surface area contributed by atoms with Gasteiger partial charge in [-0.3, -0.25) is 0 Å². The van der Waals surface area contributed by atoms with Gasteiger partial charge in [-0.1, -0.05) is 24.3 Å². The van der Waals surface area contributed by atoms with Crippen LogP contribution in [0.4, 0.5) is 5.69 Å². The molecule has 0 aliphatic carbocycles. The van der Waals surface area contributed by atoms with Crippen LogP contribution in [0.1, 0.15) is 0 Å². The smallest absolute Gasteiger partial charge is 0.125 e. The van der Waals surface area contributed by atoms with Crippen molar-refractivity contribution in [2.75, 3.05) is 4.90 Å². The fraction of sp³-hybridized carbons (Fsp3) is 0.0909. The number of hydrogen-bond acceptors (Lipinski definition) is 3. The van der Waals surface area contributed by atoms with Crippen LogP contribution in [0.3, 0.4) is 0 Å². The first kappa shape index (κ1) is 8.99. The first-order chi connectivity index (χ1) is 6.92. The Balaban J connectivity index is 2.25. The molecular weight excluding hydrogens is 176 g/mol. The van der Waals surface area contributed by atoms with Crippen molar-refractivity contribution >= 4 is 5.69 Å². The maximum Gasteiger partial charge on any atom is 0.125 e. The van der Waals surface area contributed by atoms with Crippen molar-refractivity contribution in [3.05, 3.63) is 54.8 Å². The molecule has 1 aromatic carbocycles. The highest BCUT2D eigenvalue weighted by Crippen LogP contribution is 2.18. The molecule has 0 bridgehead atoms. The van der Waals surface area contributed by atoms with Gasteiger partial charge in [-0.05, 0) is 24.3 Å². The third-order valence-corrected chi connectivity index (χ3v) is 2.14. The van der Waals surface area contributed by atoms with E-state index in [9.17, 15) is 0 Å². The summed E-state index contributed by atoms with van der Waals surface area (Å²) in [5, 5.41) is 8.95. The van der Waals surface area contributed by atoms with Crippen LogP contribution in [0.15, 0.2) is 54.8 Å². The Morgan fingerprint density at radius 2 is 1.93 bits per heavy atom. The third kappa shape index (κ3) is 1.69. The molecule has 14 heavy (non-hydrogen) atoms. The van der Waals surface area contributed by atoms with E-state index in [2.05, 4.69) is 5.48 Å². The van der Waals surface area contributed by atoms with Crippen molar-refractivity contribution < 1.29 is 5.21 Å². The van der Waals surface area contributed by atoms with Crippen LogP contribution in [-0.2, 0) is 0 Å². The van der Waals surface area contributed by atoms with Crippen LogP contribution in [0.2, 0.25) is 0 Å². The molecule has 0 fully saturated rings. The van der Waals surface area contributed by atoms with Gasteiger partial charge in [-0.15, -0.1) is 0 Å². The second-order valence-corrected chi connectivity index (χ2v) is 3.04. The van der Waals surface area contributed by atoms with E-state index >= 15 is 0 Å². The summed E-state index contributed by atoms with van der Waals surface area (Å²) in [7, 11) is 0. The summed E-state index contributed by atoms with van der Waals surface area (Å²) >= 11 is 0. The number of nitrogens with one attached hydrogen (secondary N) is 1. The summed E-state index contributed by atoms with van der Waals surface area (Å²) in [4.78, 5) is 1.94. The van der Waals surface area contributed by atoms with Gasteiger partial charge < -0.3 is 10.1 Å². The quantitative estimate of drug-likeness (QED) is 0.695. The molecular formula is C11H12N2O. The lowest BCUT2D eigenvalue weighted by Crippen LogP contribution is -2.40. The number of hydroxylamine groups is 1. The third-order valence-electron chi connectivity index (χ3n) is 2.14. The summed E-state index contributed by atoms with van der Waals surface area (Å²) in [6.07, 6.45) is 7.44. The summed E-state index contributed by atoms with van der Waals surface area (Å²) < 4.78 is 0. The highest BCUT2D eigenvalue weighted by atomic mass is 16.5. The van der Waals surface area contributed by atoms with Crippen LogP contribution in [0.5, 0.6) is 0 Å². The molecule has 3 nitrogen and oxygen atoms in total. The van der Waals surface area contributed by atoms with E-state index < -0.39 is 0 Å². The minimum Gasteiger partial charge on any atom is -0.326 e. The molecule has 1 heterocycles. The molecule has 2 rings (SSSR count). The highest BCUT2D eigenvalue weighted by Gasteiger charge is 2.13. The molecule has 1 aliphatic rings. The molecule has 0 saturated heterocycles. The number of hydrogen-bond donors (Lipinski definition) is 2. The zero-order valence-corrected chi connectivity index (χ0v) is 7.67. The van der Waals surface area contributed by atoms with E-state index in [0.717, 1.165) is 5.69 Å². The van der Waals surface area contributed by atoms with Crippen LogP contribution in [0, 0.1) is 0 Å². The van der Waals surface area contributed by atoms with Gasteiger partial charge in [0.25, 0.3) is 0 Å². The van der Waals surface area contributed by atoms with Crippen molar-refractivity contribution in [2.45, 2.75) is 6.17 Å². The Morgan fingerprint density at radius 1 is 1.14 bits per heavy atom. The van der Waals surface area contributed by atoms with Crippen molar-refractivity contribution in [2.24, 2.45) is 0 Å². The Morgan fingerprint density at radius 3 is 2.64 bits per heavy atom. The molecule has 0 amide bonds. The van der Waals surface area contributed by atoms with Crippen LogP contribution in [0.25, 0.3) is 0 Å². The average molecular weight is 188 g/mol. The van der Waals surface area contributed by atoms with Crippen LogP contribution < -0.4 is 10.4 Å². The average Bonchev–Trinajstić information content (AvgIpc) is 2.30.